The first-order chi connectivity index (χ1) is 13.5. The first-order valence-corrected chi connectivity index (χ1v) is 10.2. The number of fused-ring (bicyclic) bond motifs is 1. The van der Waals surface area contributed by atoms with E-state index in [0.717, 1.165) is 24.3 Å². The molecule has 3 aliphatic rings. The van der Waals surface area contributed by atoms with Crippen molar-refractivity contribution in [1.82, 2.24) is 4.90 Å². The highest BCUT2D eigenvalue weighted by Crippen LogP contribution is 2.35. The molecule has 148 valence electrons. The molecule has 0 unspecified atom stereocenters. The summed E-state index contributed by atoms with van der Waals surface area (Å²) in [5, 5.41) is 2.93. The number of anilines is 2. The second-order valence-corrected chi connectivity index (χ2v) is 7.98. The zero-order chi connectivity index (χ0) is 19.7. The molecule has 1 aromatic carbocycles. The third-order valence-electron chi connectivity index (χ3n) is 6.12. The van der Waals surface area contributed by atoms with E-state index in [9.17, 15) is 14.4 Å². The Morgan fingerprint density at radius 1 is 1.07 bits per heavy atom. The number of nitrogens with one attached hydrogen (secondary N) is 1. The molecule has 2 aliphatic heterocycles. The number of benzene rings is 1. The largest absolute Gasteiger partial charge is 0.372 e. The molecule has 1 aromatic rings. The molecule has 2 atom stereocenters. The summed E-state index contributed by atoms with van der Waals surface area (Å²) in [4.78, 5) is 41.0. The number of carbonyl (C=O) groups excluding carboxylic acids is 3. The van der Waals surface area contributed by atoms with E-state index < -0.39 is 0 Å². The van der Waals surface area contributed by atoms with Gasteiger partial charge in [-0.05, 0) is 56.4 Å². The molecule has 1 N–H and O–H groups in total. The maximum atomic E-state index is 12.5. The molecule has 0 saturated carbocycles. The Morgan fingerprint density at radius 2 is 1.71 bits per heavy atom. The van der Waals surface area contributed by atoms with E-state index in [2.05, 4.69) is 16.3 Å². The van der Waals surface area contributed by atoms with E-state index in [1.165, 1.54) is 23.4 Å². The third kappa shape index (κ3) is 3.55. The molecule has 0 aromatic heterocycles. The van der Waals surface area contributed by atoms with Gasteiger partial charge in [0.1, 0.15) is 0 Å². The first kappa shape index (κ1) is 18.7. The van der Waals surface area contributed by atoms with Gasteiger partial charge in [0.15, 0.2) is 0 Å². The number of nitrogens with zero attached hydrogens (tertiary/aromatic N) is 2. The minimum atomic E-state index is -0.235. The molecule has 0 radical (unpaired) electrons. The van der Waals surface area contributed by atoms with Crippen LogP contribution in [0, 0.1) is 18.8 Å². The highest BCUT2D eigenvalue weighted by atomic mass is 16.2. The van der Waals surface area contributed by atoms with E-state index in [4.69, 9.17) is 0 Å². The summed E-state index contributed by atoms with van der Waals surface area (Å²) in [6.07, 6.45) is 7.76. The Bertz CT molecular complexity index is 800. The minimum Gasteiger partial charge on any atom is -0.372 e. The third-order valence-corrected chi connectivity index (χ3v) is 6.12. The standard InChI is InChI=1S/C22H27N3O3/c1-15-14-16(24-11-4-5-12-24)8-9-19(15)23-20(26)10-13-25-21(27)17-6-2-3-7-18(17)22(25)28/h2-3,8-9,14,17-18H,4-7,10-13H2,1H3,(H,23,26)/t17-,18-/m1/s1. The van der Waals surface area contributed by atoms with Gasteiger partial charge in [-0.25, -0.2) is 0 Å². The highest BCUT2D eigenvalue weighted by Gasteiger charge is 2.46. The number of rotatable bonds is 5. The molecule has 1 aliphatic carbocycles. The van der Waals surface area contributed by atoms with Crippen LogP contribution in [-0.4, -0.2) is 42.3 Å². The summed E-state index contributed by atoms with van der Waals surface area (Å²) in [7, 11) is 0. The van der Waals surface area contributed by atoms with Crippen LogP contribution in [0.25, 0.3) is 0 Å². The molecule has 0 spiro atoms. The fourth-order valence-corrected chi connectivity index (χ4v) is 4.48. The van der Waals surface area contributed by atoms with Gasteiger partial charge < -0.3 is 10.2 Å². The monoisotopic (exact) mass is 381 g/mol. The quantitative estimate of drug-likeness (QED) is 0.629. The van der Waals surface area contributed by atoms with Gasteiger partial charge in [-0.3, -0.25) is 19.3 Å². The maximum Gasteiger partial charge on any atom is 0.233 e. The summed E-state index contributed by atoms with van der Waals surface area (Å²) in [6, 6.07) is 6.08. The average molecular weight is 381 g/mol. The number of likely N-dealkylation sites (tertiary alicyclic amines) is 1. The number of imide groups is 1. The van der Waals surface area contributed by atoms with Crippen LogP contribution in [0.1, 0.15) is 37.7 Å². The lowest BCUT2D eigenvalue weighted by molar-refractivity contribution is -0.140. The zero-order valence-electron chi connectivity index (χ0n) is 16.3. The molecule has 6 heteroatoms. The molecule has 2 saturated heterocycles. The Balaban J connectivity index is 1.33. The predicted molar refractivity (Wildman–Crippen MR) is 108 cm³/mol. The van der Waals surface area contributed by atoms with Crippen LogP contribution in [0.15, 0.2) is 30.4 Å². The Morgan fingerprint density at radius 3 is 2.32 bits per heavy atom. The lowest BCUT2D eigenvalue weighted by Crippen LogP contribution is -2.34. The maximum absolute atomic E-state index is 12.5. The van der Waals surface area contributed by atoms with Crippen molar-refractivity contribution < 1.29 is 14.4 Å². The van der Waals surface area contributed by atoms with Crippen molar-refractivity contribution in [2.75, 3.05) is 29.9 Å². The van der Waals surface area contributed by atoms with Gasteiger partial charge in [0, 0.05) is 37.4 Å². The van der Waals surface area contributed by atoms with Crippen molar-refractivity contribution in [3.8, 4) is 0 Å². The second kappa shape index (κ2) is 7.78. The first-order valence-electron chi connectivity index (χ1n) is 10.2. The van der Waals surface area contributed by atoms with Crippen LogP contribution in [0.4, 0.5) is 11.4 Å². The van der Waals surface area contributed by atoms with E-state index in [-0.39, 0.29) is 42.5 Å². The fourth-order valence-electron chi connectivity index (χ4n) is 4.48. The van der Waals surface area contributed by atoms with Crippen LogP contribution in [0.5, 0.6) is 0 Å². The smallest absolute Gasteiger partial charge is 0.233 e. The highest BCUT2D eigenvalue weighted by molar-refractivity contribution is 6.05. The molecule has 2 fully saturated rings. The van der Waals surface area contributed by atoms with Crippen LogP contribution in [0.3, 0.4) is 0 Å². The van der Waals surface area contributed by atoms with Crippen molar-refractivity contribution in [2.24, 2.45) is 11.8 Å². The van der Waals surface area contributed by atoms with Gasteiger partial charge in [0.25, 0.3) is 0 Å². The topological polar surface area (TPSA) is 69.7 Å². The fraction of sp³-hybridized carbons (Fsp3) is 0.500. The Kier molecular flexibility index (Phi) is 5.20. The predicted octanol–water partition coefficient (Wildman–Crippen LogP) is 2.88. The Labute approximate surface area is 165 Å². The van der Waals surface area contributed by atoms with E-state index in [0.29, 0.717) is 12.8 Å². The average Bonchev–Trinajstić information content (AvgIpc) is 3.31. The van der Waals surface area contributed by atoms with Crippen molar-refractivity contribution in [1.29, 1.82) is 0 Å². The lowest BCUT2D eigenvalue weighted by atomic mass is 9.85. The summed E-state index contributed by atoms with van der Waals surface area (Å²) in [5.74, 6) is -0.899. The van der Waals surface area contributed by atoms with Gasteiger partial charge in [-0.1, -0.05) is 12.2 Å². The summed E-state index contributed by atoms with van der Waals surface area (Å²) >= 11 is 0. The molecular weight excluding hydrogens is 354 g/mol. The molecule has 2 heterocycles. The minimum absolute atomic E-state index is 0.123. The summed E-state index contributed by atoms with van der Waals surface area (Å²) < 4.78 is 0. The summed E-state index contributed by atoms with van der Waals surface area (Å²) in [5.41, 5.74) is 2.99. The van der Waals surface area contributed by atoms with Gasteiger partial charge >= 0.3 is 0 Å². The lowest BCUT2D eigenvalue weighted by Gasteiger charge is -2.19. The molecule has 28 heavy (non-hydrogen) atoms. The molecule has 3 amide bonds. The number of aryl methyl sites for hydroxylation is 1. The van der Waals surface area contributed by atoms with E-state index in [1.54, 1.807) is 0 Å². The number of hydrogen-bond acceptors (Lipinski definition) is 4. The zero-order valence-corrected chi connectivity index (χ0v) is 16.3. The molecule has 6 nitrogen and oxygen atoms in total. The van der Waals surface area contributed by atoms with Crippen LogP contribution >= 0.6 is 0 Å². The van der Waals surface area contributed by atoms with Gasteiger partial charge in [0.2, 0.25) is 17.7 Å². The van der Waals surface area contributed by atoms with Gasteiger partial charge in [0.05, 0.1) is 11.8 Å². The normalized spacial score (nSPS) is 24.0. The number of amides is 3. The van der Waals surface area contributed by atoms with Crippen molar-refractivity contribution in [3.05, 3.63) is 35.9 Å². The van der Waals surface area contributed by atoms with Crippen molar-refractivity contribution in [2.45, 2.75) is 39.0 Å². The SMILES string of the molecule is Cc1cc(N2CCCC2)ccc1NC(=O)CCN1C(=O)[C@@H]2CC=CC[C@H]2C1=O. The Hall–Kier alpha value is -2.63. The van der Waals surface area contributed by atoms with Crippen LogP contribution < -0.4 is 10.2 Å². The number of allylic oxidation sites excluding steroid dienone is 2. The molecular formula is C22H27N3O3. The van der Waals surface area contributed by atoms with E-state index >= 15 is 0 Å². The second-order valence-electron chi connectivity index (χ2n) is 7.98. The molecule has 4 rings (SSSR count). The number of carbonyl (C=O) groups is 3. The van der Waals surface area contributed by atoms with Crippen molar-refractivity contribution in [3.63, 3.8) is 0 Å². The van der Waals surface area contributed by atoms with E-state index in [1.807, 2.05) is 31.2 Å². The number of hydrogen-bond donors (Lipinski definition) is 1. The summed E-state index contributed by atoms with van der Waals surface area (Å²) in [6.45, 7) is 4.31. The van der Waals surface area contributed by atoms with Crippen LogP contribution in [-0.2, 0) is 14.4 Å². The van der Waals surface area contributed by atoms with Gasteiger partial charge in [-0.2, -0.15) is 0 Å². The van der Waals surface area contributed by atoms with Gasteiger partial charge in [-0.15, -0.1) is 0 Å². The molecule has 0 bridgehead atoms. The van der Waals surface area contributed by atoms with Crippen molar-refractivity contribution >= 4 is 29.1 Å². The van der Waals surface area contributed by atoms with Crippen LogP contribution in [0.2, 0.25) is 0 Å².